The van der Waals surface area contributed by atoms with E-state index >= 15 is 0 Å². The minimum atomic E-state index is 0.138. The molecule has 3 nitrogen and oxygen atoms in total. The highest BCUT2D eigenvalue weighted by Crippen LogP contribution is 2.73. The van der Waals surface area contributed by atoms with Crippen LogP contribution in [0.1, 0.15) is 52.9 Å². The summed E-state index contributed by atoms with van der Waals surface area (Å²) in [5.74, 6) is 1.03. The molecule has 1 heterocycles. The first-order valence-electron chi connectivity index (χ1n) is 8.50. The Kier molecular flexibility index (Phi) is 3.47. The zero-order valence-electron chi connectivity index (χ0n) is 13.5. The van der Waals surface area contributed by atoms with Crippen molar-refractivity contribution < 1.29 is 5.11 Å². The molecule has 2 bridgehead atoms. The summed E-state index contributed by atoms with van der Waals surface area (Å²) in [5.41, 5.74) is 6.91. The lowest BCUT2D eigenvalue weighted by Gasteiger charge is -2.57. The van der Waals surface area contributed by atoms with Crippen molar-refractivity contribution in [3.05, 3.63) is 0 Å². The summed E-state index contributed by atoms with van der Waals surface area (Å²) in [5, 5.41) is 10.0. The van der Waals surface area contributed by atoms with E-state index in [1.54, 1.807) is 0 Å². The zero-order valence-corrected chi connectivity index (χ0v) is 13.5. The molecule has 3 N–H and O–H groups in total. The fourth-order valence-corrected chi connectivity index (χ4v) is 6.22. The molecule has 0 amide bonds. The highest BCUT2D eigenvalue weighted by molar-refractivity contribution is 5.24. The lowest BCUT2D eigenvalue weighted by molar-refractivity contribution is -0.0849. The third-order valence-electron chi connectivity index (χ3n) is 7.80. The van der Waals surface area contributed by atoms with Gasteiger partial charge in [-0.2, -0.15) is 0 Å². The van der Waals surface area contributed by atoms with Gasteiger partial charge in [-0.05, 0) is 68.5 Å². The predicted molar refractivity (Wildman–Crippen MR) is 82.4 cm³/mol. The van der Waals surface area contributed by atoms with Gasteiger partial charge in [0.05, 0.1) is 0 Å². The topological polar surface area (TPSA) is 49.5 Å². The van der Waals surface area contributed by atoms with Gasteiger partial charge in [0.1, 0.15) is 0 Å². The van der Waals surface area contributed by atoms with Crippen LogP contribution in [0.15, 0.2) is 0 Å². The minimum Gasteiger partial charge on any atom is -0.396 e. The summed E-state index contributed by atoms with van der Waals surface area (Å²) in [6, 6.07) is 0. The Balaban J connectivity index is 2.08. The van der Waals surface area contributed by atoms with Gasteiger partial charge in [0, 0.05) is 18.1 Å². The average Bonchev–Trinajstić information content (AvgIpc) is 3.05. The Morgan fingerprint density at radius 2 is 1.90 bits per heavy atom. The molecule has 0 aromatic rings. The number of nitrogens with zero attached hydrogens (tertiary/aromatic N) is 1. The van der Waals surface area contributed by atoms with Crippen molar-refractivity contribution in [2.75, 3.05) is 26.2 Å². The van der Waals surface area contributed by atoms with Crippen LogP contribution in [0.5, 0.6) is 0 Å². The molecule has 1 saturated heterocycles. The predicted octanol–water partition coefficient (Wildman–Crippen LogP) is 2.23. The van der Waals surface area contributed by atoms with E-state index in [0.29, 0.717) is 17.4 Å². The lowest BCUT2D eigenvalue weighted by atomic mass is 9.58. The monoisotopic (exact) mass is 280 g/mol. The molecular weight excluding hydrogens is 248 g/mol. The van der Waals surface area contributed by atoms with E-state index < -0.39 is 0 Å². The second kappa shape index (κ2) is 4.69. The molecule has 0 radical (unpaired) electrons. The van der Waals surface area contributed by atoms with Crippen LogP contribution in [0.3, 0.4) is 0 Å². The van der Waals surface area contributed by atoms with Gasteiger partial charge in [-0.1, -0.05) is 20.8 Å². The molecule has 0 unspecified atom stereocenters. The van der Waals surface area contributed by atoms with Crippen LogP contribution in [0.25, 0.3) is 0 Å². The van der Waals surface area contributed by atoms with Gasteiger partial charge in [-0.3, -0.25) is 4.90 Å². The van der Waals surface area contributed by atoms with Crippen LogP contribution in [0.2, 0.25) is 0 Å². The average molecular weight is 280 g/mol. The maximum atomic E-state index is 10.0. The smallest absolute Gasteiger partial charge is 0.0489 e. The Hall–Kier alpha value is -0.120. The quantitative estimate of drug-likeness (QED) is 0.830. The van der Waals surface area contributed by atoms with Gasteiger partial charge >= 0.3 is 0 Å². The van der Waals surface area contributed by atoms with Crippen molar-refractivity contribution in [2.45, 2.75) is 58.4 Å². The summed E-state index contributed by atoms with van der Waals surface area (Å²) in [4.78, 5) is 2.72. The largest absolute Gasteiger partial charge is 0.396 e. The molecule has 4 atom stereocenters. The van der Waals surface area contributed by atoms with E-state index in [4.69, 9.17) is 5.73 Å². The van der Waals surface area contributed by atoms with E-state index in [-0.39, 0.29) is 18.1 Å². The van der Waals surface area contributed by atoms with Crippen molar-refractivity contribution >= 4 is 0 Å². The number of likely N-dealkylation sites (tertiary alicyclic amines) is 1. The van der Waals surface area contributed by atoms with Gasteiger partial charge in [-0.25, -0.2) is 0 Å². The number of hydrogen-bond acceptors (Lipinski definition) is 3. The Bertz CT molecular complexity index is 369. The molecule has 0 spiro atoms. The van der Waals surface area contributed by atoms with Crippen LogP contribution in [-0.2, 0) is 0 Å². The molecule has 0 aromatic carbocycles. The highest BCUT2D eigenvalue weighted by atomic mass is 16.3. The van der Waals surface area contributed by atoms with E-state index in [0.717, 1.165) is 5.92 Å². The van der Waals surface area contributed by atoms with Gasteiger partial charge in [0.2, 0.25) is 0 Å². The summed E-state index contributed by atoms with van der Waals surface area (Å²) in [6.07, 6.45) is 6.54. The van der Waals surface area contributed by atoms with Crippen LogP contribution in [-0.4, -0.2) is 41.8 Å². The molecule has 20 heavy (non-hydrogen) atoms. The van der Waals surface area contributed by atoms with Crippen LogP contribution in [0.4, 0.5) is 0 Å². The molecule has 2 saturated carbocycles. The Morgan fingerprint density at radius 1 is 1.25 bits per heavy atom. The maximum absolute atomic E-state index is 10.0. The lowest BCUT2D eigenvalue weighted by Crippen LogP contribution is -2.64. The number of nitrogens with two attached hydrogens (primary N) is 1. The minimum absolute atomic E-state index is 0.138. The maximum Gasteiger partial charge on any atom is 0.0489 e. The normalized spacial score (nSPS) is 45.1. The van der Waals surface area contributed by atoms with E-state index in [2.05, 4.69) is 25.7 Å². The van der Waals surface area contributed by atoms with Crippen molar-refractivity contribution in [3.63, 3.8) is 0 Å². The van der Waals surface area contributed by atoms with Crippen LogP contribution in [0, 0.1) is 22.7 Å². The van der Waals surface area contributed by atoms with Crippen molar-refractivity contribution in [1.82, 2.24) is 4.90 Å². The number of rotatable bonds is 4. The second-order valence-electron chi connectivity index (χ2n) is 8.23. The van der Waals surface area contributed by atoms with Crippen molar-refractivity contribution in [1.29, 1.82) is 0 Å². The van der Waals surface area contributed by atoms with Crippen molar-refractivity contribution in [2.24, 2.45) is 28.4 Å². The summed E-state index contributed by atoms with van der Waals surface area (Å²) in [7, 11) is 0. The Labute approximate surface area is 123 Å². The van der Waals surface area contributed by atoms with Gasteiger partial charge in [0.15, 0.2) is 0 Å². The molecule has 3 fully saturated rings. The molecule has 0 aromatic heterocycles. The van der Waals surface area contributed by atoms with Crippen molar-refractivity contribution in [3.8, 4) is 0 Å². The molecular formula is C17H32N2O. The fourth-order valence-electron chi connectivity index (χ4n) is 6.22. The van der Waals surface area contributed by atoms with E-state index in [9.17, 15) is 5.11 Å². The second-order valence-corrected chi connectivity index (χ2v) is 8.23. The third-order valence-corrected chi connectivity index (χ3v) is 7.80. The number of aliphatic hydroxyl groups is 1. The molecule has 1 aliphatic heterocycles. The number of fused-ring (bicyclic) bond motifs is 2. The summed E-state index contributed by atoms with van der Waals surface area (Å²) < 4.78 is 0. The first-order valence-corrected chi connectivity index (χ1v) is 8.50. The van der Waals surface area contributed by atoms with E-state index in [1.165, 1.54) is 45.2 Å². The Morgan fingerprint density at radius 3 is 2.30 bits per heavy atom. The number of aliphatic hydroxyl groups excluding tert-OH is 1. The summed E-state index contributed by atoms with van der Waals surface area (Å²) in [6.45, 7) is 10.7. The molecule has 3 rings (SSSR count). The van der Waals surface area contributed by atoms with E-state index in [1.807, 2.05) is 0 Å². The first kappa shape index (κ1) is 14.8. The van der Waals surface area contributed by atoms with Gasteiger partial charge < -0.3 is 10.8 Å². The van der Waals surface area contributed by atoms with Gasteiger partial charge in [-0.15, -0.1) is 0 Å². The summed E-state index contributed by atoms with van der Waals surface area (Å²) >= 11 is 0. The highest BCUT2D eigenvalue weighted by Gasteiger charge is 2.71. The molecule has 2 aliphatic carbocycles. The standard InChI is InChI=1S/C17H32N2O/c1-15(2)13-6-7-16(15,3)17(10-13,14(11-18)12-20)19-8-4-5-9-19/h13-14,20H,4-12,18H2,1-3H3/t13-,14+,16-,17-/m1/s1. The van der Waals surface area contributed by atoms with Gasteiger partial charge in [0.25, 0.3) is 0 Å². The molecule has 3 heteroatoms. The zero-order chi connectivity index (χ0) is 14.6. The van der Waals surface area contributed by atoms with Crippen LogP contribution >= 0.6 is 0 Å². The molecule has 3 aliphatic rings. The number of hydrogen-bond donors (Lipinski definition) is 2. The van der Waals surface area contributed by atoms with Crippen LogP contribution < -0.4 is 5.73 Å². The molecule has 116 valence electrons. The third kappa shape index (κ3) is 1.52. The SMILES string of the molecule is CC1(C)[C@@H]2CC[C@@]1(C)[C@@]([C@@H](CN)CO)(N1CCCC1)C2. The first-order chi connectivity index (χ1) is 9.44. The fraction of sp³-hybridized carbons (Fsp3) is 1.00.